The van der Waals surface area contributed by atoms with Crippen LogP contribution in [0.4, 0.5) is 13.2 Å². The molecule has 1 aromatic heterocycles. The zero-order chi connectivity index (χ0) is 26.7. The quantitative estimate of drug-likeness (QED) is 0.358. The van der Waals surface area contributed by atoms with Gasteiger partial charge < -0.3 is 14.2 Å². The molecular weight excluding hydrogens is 509 g/mol. The van der Waals surface area contributed by atoms with E-state index >= 15 is 0 Å². The van der Waals surface area contributed by atoms with Crippen molar-refractivity contribution in [1.29, 1.82) is 0 Å². The molecule has 0 bridgehead atoms. The van der Waals surface area contributed by atoms with Crippen LogP contribution in [0.1, 0.15) is 60.3 Å². The van der Waals surface area contributed by atoms with Gasteiger partial charge in [0.2, 0.25) is 5.82 Å². The lowest BCUT2D eigenvalue weighted by molar-refractivity contribution is -0.148. The van der Waals surface area contributed by atoms with Gasteiger partial charge in [-0.3, -0.25) is 9.36 Å². The summed E-state index contributed by atoms with van der Waals surface area (Å²) in [5, 5.41) is 0.340. The van der Waals surface area contributed by atoms with Crippen LogP contribution in [0, 0.1) is 12.8 Å². The second kappa shape index (κ2) is 9.06. The average Bonchev–Trinajstić information content (AvgIpc) is 3.46. The number of imidazole rings is 1. The third-order valence-corrected chi connectivity index (χ3v) is 7.32. The number of alkyl halides is 3. The van der Waals surface area contributed by atoms with Crippen molar-refractivity contribution >= 4 is 17.6 Å². The number of ether oxygens (including phenoxy) is 3. The Morgan fingerprint density at radius 2 is 2.00 bits per heavy atom. The molecule has 196 valence electrons. The number of hydrogen-bond donors (Lipinski definition) is 0. The summed E-state index contributed by atoms with van der Waals surface area (Å²) in [6.45, 7) is 5.42. The zero-order valence-corrected chi connectivity index (χ0v) is 21.5. The second-order valence-corrected chi connectivity index (χ2v) is 9.63. The third kappa shape index (κ3) is 3.99. The molecule has 2 unspecified atom stereocenters. The molecule has 0 saturated heterocycles. The van der Waals surface area contributed by atoms with Crippen LogP contribution in [-0.4, -0.2) is 29.2 Å². The summed E-state index contributed by atoms with van der Waals surface area (Å²) in [6.07, 6.45) is -5.20. The number of benzene rings is 2. The van der Waals surface area contributed by atoms with Crippen molar-refractivity contribution in [1.82, 2.24) is 9.55 Å². The van der Waals surface area contributed by atoms with E-state index in [-0.39, 0.29) is 36.5 Å². The smallest absolute Gasteiger partial charge is 0.450 e. The van der Waals surface area contributed by atoms with Gasteiger partial charge in [0.15, 0.2) is 0 Å². The Kier molecular flexibility index (Phi) is 6.27. The summed E-state index contributed by atoms with van der Waals surface area (Å²) in [5.41, 5.74) is 1.23. The highest BCUT2D eigenvalue weighted by Gasteiger charge is 2.67. The van der Waals surface area contributed by atoms with Crippen molar-refractivity contribution in [2.24, 2.45) is 5.92 Å². The highest BCUT2D eigenvalue weighted by molar-refractivity contribution is 6.30. The van der Waals surface area contributed by atoms with Gasteiger partial charge in [0.1, 0.15) is 17.5 Å². The minimum atomic E-state index is -4.75. The van der Waals surface area contributed by atoms with E-state index in [1.807, 2.05) is 13.0 Å². The van der Waals surface area contributed by atoms with Gasteiger partial charge in [0, 0.05) is 10.6 Å². The molecule has 10 heteroatoms. The fraction of sp³-hybridized carbons (Fsp3) is 0.407. The molecule has 1 aliphatic heterocycles. The Balaban J connectivity index is 1.85. The van der Waals surface area contributed by atoms with Crippen LogP contribution in [0.25, 0.3) is 5.69 Å². The molecule has 6 nitrogen and oxygen atoms in total. The van der Waals surface area contributed by atoms with Gasteiger partial charge in [0.25, 0.3) is 0 Å². The van der Waals surface area contributed by atoms with Gasteiger partial charge in [-0.2, -0.15) is 13.2 Å². The molecule has 2 heterocycles. The molecule has 0 N–H and O–H groups in total. The SMILES string of the molecule is CCOC(=O)C1CC12O[C@@H](c1cccc(OC)c1C)c1cc(Cl)ccc1-n1c(C(F)(F)F)nc(CC)c12. The van der Waals surface area contributed by atoms with Crippen molar-refractivity contribution in [2.75, 3.05) is 13.7 Å². The van der Waals surface area contributed by atoms with E-state index in [1.165, 1.54) is 0 Å². The van der Waals surface area contributed by atoms with Crippen molar-refractivity contribution in [3.05, 3.63) is 75.3 Å². The fourth-order valence-electron chi connectivity index (χ4n) is 5.36. The van der Waals surface area contributed by atoms with Gasteiger partial charge in [-0.1, -0.05) is 30.7 Å². The Bertz CT molecular complexity index is 1390. The fourth-order valence-corrected chi connectivity index (χ4v) is 5.54. The zero-order valence-electron chi connectivity index (χ0n) is 20.8. The largest absolute Gasteiger partial charge is 0.496 e. The molecular formula is C27H26ClF3N2O4. The molecule has 1 spiro atoms. The second-order valence-electron chi connectivity index (χ2n) is 9.19. The molecule has 0 amide bonds. The van der Waals surface area contributed by atoms with E-state index < -0.39 is 35.6 Å². The molecule has 1 aliphatic carbocycles. The molecule has 37 heavy (non-hydrogen) atoms. The summed E-state index contributed by atoms with van der Waals surface area (Å²) >= 11 is 6.38. The van der Waals surface area contributed by atoms with E-state index in [0.717, 1.165) is 10.1 Å². The van der Waals surface area contributed by atoms with Gasteiger partial charge >= 0.3 is 12.1 Å². The van der Waals surface area contributed by atoms with Crippen LogP contribution in [0.3, 0.4) is 0 Å². The lowest BCUT2D eigenvalue weighted by Crippen LogP contribution is -2.25. The highest BCUT2D eigenvalue weighted by Crippen LogP contribution is 2.62. The van der Waals surface area contributed by atoms with Gasteiger partial charge in [-0.05, 0) is 62.1 Å². The first-order chi connectivity index (χ1) is 17.6. The molecule has 0 radical (unpaired) electrons. The summed E-state index contributed by atoms with van der Waals surface area (Å²) < 4.78 is 61.9. The average molecular weight is 535 g/mol. The van der Waals surface area contributed by atoms with E-state index in [2.05, 4.69) is 4.98 Å². The Morgan fingerprint density at radius 3 is 2.65 bits per heavy atom. The van der Waals surface area contributed by atoms with Gasteiger partial charge in [0.05, 0.1) is 36.7 Å². The predicted molar refractivity (Wildman–Crippen MR) is 130 cm³/mol. The first-order valence-corrected chi connectivity index (χ1v) is 12.4. The summed E-state index contributed by atoms with van der Waals surface area (Å²) in [7, 11) is 1.55. The van der Waals surface area contributed by atoms with Crippen LogP contribution in [0.2, 0.25) is 5.02 Å². The number of hydrogen-bond acceptors (Lipinski definition) is 5. The Morgan fingerprint density at radius 1 is 1.24 bits per heavy atom. The van der Waals surface area contributed by atoms with Crippen molar-refractivity contribution in [3.8, 4) is 11.4 Å². The number of carbonyl (C=O) groups excluding carboxylic acids is 1. The Hall–Kier alpha value is -3.04. The van der Waals surface area contributed by atoms with Crippen LogP contribution in [-0.2, 0) is 32.5 Å². The molecule has 1 saturated carbocycles. The minimum absolute atomic E-state index is 0.146. The van der Waals surface area contributed by atoms with Crippen LogP contribution in [0.15, 0.2) is 36.4 Å². The van der Waals surface area contributed by atoms with Crippen LogP contribution >= 0.6 is 11.6 Å². The van der Waals surface area contributed by atoms with Crippen molar-refractivity contribution in [3.63, 3.8) is 0 Å². The molecule has 1 fully saturated rings. The predicted octanol–water partition coefficient (Wildman–Crippen LogP) is 6.32. The van der Waals surface area contributed by atoms with Gasteiger partial charge in [-0.25, -0.2) is 4.98 Å². The monoisotopic (exact) mass is 534 g/mol. The Labute approximate surface area is 217 Å². The molecule has 5 rings (SSSR count). The van der Waals surface area contributed by atoms with Crippen molar-refractivity contribution in [2.45, 2.75) is 51.5 Å². The first-order valence-electron chi connectivity index (χ1n) is 12.0. The number of rotatable bonds is 5. The van der Waals surface area contributed by atoms with E-state index in [0.29, 0.717) is 21.9 Å². The number of halogens is 4. The standard InChI is InChI=1S/C27H26ClF3N2O4/c1-5-19-23-26(13-18(26)24(34)36-6-2)37-22(16-8-7-9-21(35-4)14(16)3)17-12-15(28)10-11-20(17)33(23)25(32-19)27(29,30)31/h7-12,18,22H,5-6,13H2,1-4H3/t18?,22-,26?/m0/s1. The lowest BCUT2D eigenvalue weighted by atomic mass is 9.95. The number of methoxy groups -OCH3 is 1. The van der Waals surface area contributed by atoms with Crippen LogP contribution in [0.5, 0.6) is 5.75 Å². The van der Waals surface area contributed by atoms with E-state index in [9.17, 15) is 18.0 Å². The lowest BCUT2D eigenvalue weighted by Gasteiger charge is -2.26. The maximum absolute atomic E-state index is 14.4. The normalized spacial score (nSPS) is 22.3. The van der Waals surface area contributed by atoms with E-state index in [1.54, 1.807) is 51.3 Å². The molecule has 2 aromatic carbocycles. The number of aryl methyl sites for hydroxylation is 1. The number of aromatic nitrogens is 2. The molecule has 3 aromatic rings. The third-order valence-electron chi connectivity index (χ3n) is 7.09. The number of carbonyl (C=O) groups is 1. The first kappa shape index (κ1) is 25.6. The molecule has 2 aliphatic rings. The number of esters is 1. The molecule has 3 atom stereocenters. The summed E-state index contributed by atoms with van der Waals surface area (Å²) in [5.74, 6) is -1.76. The van der Waals surface area contributed by atoms with Crippen LogP contribution < -0.4 is 4.74 Å². The summed E-state index contributed by atoms with van der Waals surface area (Å²) in [6, 6.07) is 10.1. The maximum Gasteiger partial charge on any atom is 0.450 e. The number of nitrogens with zero attached hydrogens (tertiary/aromatic N) is 2. The summed E-state index contributed by atoms with van der Waals surface area (Å²) in [4.78, 5) is 17.0. The minimum Gasteiger partial charge on any atom is -0.496 e. The van der Waals surface area contributed by atoms with E-state index in [4.69, 9.17) is 25.8 Å². The maximum atomic E-state index is 14.4. The highest BCUT2D eigenvalue weighted by atomic mass is 35.5. The van der Waals surface area contributed by atoms with Crippen molar-refractivity contribution < 1.29 is 32.2 Å². The topological polar surface area (TPSA) is 62.6 Å². The number of fused-ring (bicyclic) bond motifs is 4. The van der Waals surface area contributed by atoms with Gasteiger partial charge in [-0.15, -0.1) is 0 Å².